The highest BCUT2D eigenvalue weighted by atomic mass is 32.2. The number of thioether (sulfide) groups is 1. The SMILES string of the molecule is COc1cc(SCC(F)(F)F)c(OC)cc1CC1CCCCN1. The zero-order chi connectivity index (χ0) is 16.9. The van der Waals surface area contributed by atoms with Gasteiger partial charge in [0.2, 0.25) is 0 Å². The molecule has 1 fully saturated rings. The van der Waals surface area contributed by atoms with E-state index in [4.69, 9.17) is 9.47 Å². The van der Waals surface area contributed by atoms with Crippen molar-refractivity contribution in [1.82, 2.24) is 5.32 Å². The summed E-state index contributed by atoms with van der Waals surface area (Å²) in [6.45, 7) is 1.00. The molecule has 0 radical (unpaired) electrons. The van der Waals surface area contributed by atoms with Gasteiger partial charge in [-0.15, -0.1) is 11.8 Å². The van der Waals surface area contributed by atoms with Crippen LogP contribution in [0.4, 0.5) is 13.2 Å². The first-order chi connectivity index (χ1) is 10.9. The maximum absolute atomic E-state index is 12.4. The Morgan fingerprint density at radius 3 is 2.48 bits per heavy atom. The maximum Gasteiger partial charge on any atom is 0.398 e. The largest absolute Gasteiger partial charge is 0.496 e. The first-order valence-electron chi connectivity index (χ1n) is 7.61. The Hall–Kier alpha value is -1.08. The summed E-state index contributed by atoms with van der Waals surface area (Å²) < 4.78 is 48.0. The lowest BCUT2D eigenvalue weighted by Gasteiger charge is -2.24. The average molecular weight is 349 g/mol. The molecule has 0 aliphatic carbocycles. The zero-order valence-corrected chi connectivity index (χ0v) is 14.1. The molecule has 7 heteroatoms. The fraction of sp³-hybridized carbons (Fsp3) is 0.625. The van der Waals surface area contributed by atoms with Crippen LogP contribution in [0.1, 0.15) is 24.8 Å². The lowest BCUT2D eigenvalue weighted by atomic mass is 9.97. The molecule has 1 aromatic carbocycles. The Bertz CT molecular complexity index is 517. The Balaban J connectivity index is 2.18. The summed E-state index contributed by atoms with van der Waals surface area (Å²) in [4.78, 5) is 0.446. The molecule has 1 aliphatic rings. The summed E-state index contributed by atoms with van der Waals surface area (Å²) in [7, 11) is 3.01. The van der Waals surface area contributed by atoms with E-state index in [1.54, 1.807) is 12.1 Å². The third-order valence-corrected chi connectivity index (χ3v) is 4.94. The summed E-state index contributed by atoms with van der Waals surface area (Å²) >= 11 is 0.717. The Morgan fingerprint density at radius 1 is 1.17 bits per heavy atom. The third-order valence-electron chi connectivity index (χ3n) is 3.84. The highest BCUT2D eigenvalue weighted by Crippen LogP contribution is 2.38. The lowest BCUT2D eigenvalue weighted by Crippen LogP contribution is -2.35. The molecule has 3 nitrogen and oxygen atoms in total. The van der Waals surface area contributed by atoms with E-state index >= 15 is 0 Å². The number of alkyl halides is 3. The van der Waals surface area contributed by atoms with Gasteiger partial charge in [0.25, 0.3) is 0 Å². The van der Waals surface area contributed by atoms with Crippen LogP contribution in [0, 0.1) is 0 Å². The van der Waals surface area contributed by atoms with Crippen molar-refractivity contribution >= 4 is 11.8 Å². The quantitative estimate of drug-likeness (QED) is 0.785. The normalized spacial score (nSPS) is 18.7. The van der Waals surface area contributed by atoms with E-state index in [0.29, 0.717) is 22.4 Å². The van der Waals surface area contributed by atoms with Gasteiger partial charge in [-0.05, 0) is 43.5 Å². The van der Waals surface area contributed by atoms with Gasteiger partial charge >= 0.3 is 6.18 Å². The molecular weight excluding hydrogens is 327 g/mol. The molecule has 130 valence electrons. The number of hydrogen-bond donors (Lipinski definition) is 1. The second-order valence-electron chi connectivity index (χ2n) is 5.57. The molecule has 1 unspecified atom stereocenters. The predicted octanol–water partition coefficient (Wildman–Crippen LogP) is 4.04. The summed E-state index contributed by atoms with van der Waals surface area (Å²) in [6.07, 6.45) is 0.0357. The van der Waals surface area contributed by atoms with Gasteiger partial charge in [-0.2, -0.15) is 13.2 Å². The van der Waals surface area contributed by atoms with Gasteiger partial charge in [0, 0.05) is 6.04 Å². The Labute approximate surface area is 138 Å². The molecule has 1 atom stereocenters. The fourth-order valence-corrected chi connectivity index (χ4v) is 3.52. The van der Waals surface area contributed by atoms with E-state index in [1.807, 2.05) is 0 Å². The average Bonchev–Trinajstić information content (AvgIpc) is 2.53. The monoisotopic (exact) mass is 349 g/mol. The van der Waals surface area contributed by atoms with E-state index in [9.17, 15) is 13.2 Å². The summed E-state index contributed by atoms with van der Waals surface area (Å²) in [5.41, 5.74) is 0.958. The number of piperidine rings is 1. The van der Waals surface area contributed by atoms with Crippen molar-refractivity contribution in [2.45, 2.75) is 42.8 Å². The molecule has 0 amide bonds. The van der Waals surface area contributed by atoms with Crippen LogP contribution in [0.5, 0.6) is 11.5 Å². The molecule has 0 aromatic heterocycles. The highest BCUT2D eigenvalue weighted by molar-refractivity contribution is 7.99. The first-order valence-corrected chi connectivity index (χ1v) is 8.59. The summed E-state index contributed by atoms with van der Waals surface area (Å²) in [5.74, 6) is 0.129. The standard InChI is InChI=1S/C16H22F3NO2S/c1-21-13-9-15(23-10-16(17,18)19)14(22-2)8-11(13)7-12-5-3-4-6-20-12/h8-9,12,20H,3-7,10H2,1-2H3. The van der Waals surface area contributed by atoms with Crippen molar-refractivity contribution in [1.29, 1.82) is 0 Å². The van der Waals surface area contributed by atoms with Crippen molar-refractivity contribution in [3.8, 4) is 11.5 Å². The molecule has 1 heterocycles. The topological polar surface area (TPSA) is 30.5 Å². The third kappa shape index (κ3) is 5.49. The molecule has 0 spiro atoms. The minimum atomic E-state index is -4.21. The van der Waals surface area contributed by atoms with Crippen LogP contribution < -0.4 is 14.8 Å². The second kappa shape index (κ2) is 8.15. The van der Waals surface area contributed by atoms with Gasteiger partial charge in [0.15, 0.2) is 0 Å². The van der Waals surface area contributed by atoms with Gasteiger partial charge in [-0.3, -0.25) is 0 Å². The van der Waals surface area contributed by atoms with Gasteiger partial charge in [0.05, 0.1) is 24.9 Å². The molecule has 2 rings (SSSR count). The minimum Gasteiger partial charge on any atom is -0.496 e. The first kappa shape index (κ1) is 18.3. The maximum atomic E-state index is 12.4. The lowest BCUT2D eigenvalue weighted by molar-refractivity contribution is -0.105. The Kier molecular flexibility index (Phi) is 6.47. The van der Waals surface area contributed by atoms with E-state index in [2.05, 4.69) is 5.32 Å². The number of nitrogens with one attached hydrogen (secondary N) is 1. The number of rotatable bonds is 6. The van der Waals surface area contributed by atoms with Crippen molar-refractivity contribution < 1.29 is 22.6 Å². The van der Waals surface area contributed by atoms with Crippen molar-refractivity contribution in [3.05, 3.63) is 17.7 Å². The molecule has 0 saturated carbocycles. The second-order valence-corrected chi connectivity index (χ2v) is 6.59. The van der Waals surface area contributed by atoms with E-state index < -0.39 is 11.9 Å². The van der Waals surface area contributed by atoms with Crippen LogP contribution in [0.3, 0.4) is 0 Å². The fourth-order valence-electron chi connectivity index (χ4n) is 2.73. The summed E-state index contributed by atoms with van der Waals surface area (Å²) in [6, 6.07) is 3.82. The van der Waals surface area contributed by atoms with Crippen molar-refractivity contribution in [3.63, 3.8) is 0 Å². The Morgan fingerprint density at radius 2 is 1.91 bits per heavy atom. The smallest absolute Gasteiger partial charge is 0.398 e. The van der Waals surface area contributed by atoms with Gasteiger partial charge in [-0.25, -0.2) is 0 Å². The zero-order valence-electron chi connectivity index (χ0n) is 13.3. The number of hydrogen-bond acceptors (Lipinski definition) is 4. The minimum absolute atomic E-state index is 0.371. The number of halogens is 3. The van der Waals surface area contributed by atoms with Crippen LogP contribution in [-0.4, -0.2) is 38.7 Å². The molecule has 1 aliphatic heterocycles. The number of benzene rings is 1. The molecule has 1 saturated heterocycles. The van der Waals surface area contributed by atoms with Crippen LogP contribution in [0.15, 0.2) is 17.0 Å². The van der Waals surface area contributed by atoms with Crippen LogP contribution in [0.2, 0.25) is 0 Å². The molecular formula is C16H22F3NO2S. The molecule has 1 aromatic rings. The van der Waals surface area contributed by atoms with Crippen molar-refractivity contribution in [2.24, 2.45) is 0 Å². The molecule has 0 bridgehead atoms. The van der Waals surface area contributed by atoms with E-state index in [1.165, 1.54) is 27.1 Å². The predicted molar refractivity (Wildman–Crippen MR) is 85.7 cm³/mol. The van der Waals surface area contributed by atoms with Crippen molar-refractivity contribution in [2.75, 3.05) is 26.5 Å². The van der Waals surface area contributed by atoms with Crippen LogP contribution in [0.25, 0.3) is 0 Å². The van der Waals surface area contributed by atoms with Crippen LogP contribution >= 0.6 is 11.8 Å². The van der Waals surface area contributed by atoms with E-state index in [0.717, 1.165) is 36.7 Å². The van der Waals surface area contributed by atoms with Gasteiger partial charge in [-0.1, -0.05) is 6.42 Å². The summed E-state index contributed by atoms with van der Waals surface area (Å²) in [5, 5.41) is 3.47. The number of methoxy groups -OCH3 is 2. The van der Waals surface area contributed by atoms with Gasteiger partial charge < -0.3 is 14.8 Å². The van der Waals surface area contributed by atoms with Gasteiger partial charge in [0.1, 0.15) is 11.5 Å². The molecule has 1 N–H and O–H groups in total. The van der Waals surface area contributed by atoms with E-state index in [-0.39, 0.29) is 0 Å². The van der Waals surface area contributed by atoms with Crippen LogP contribution in [-0.2, 0) is 6.42 Å². The molecule has 23 heavy (non-hydrogen) atoms. The number of ether oxygens (including phenoxy) is 2. The highest BCUT2D eigenvalue weighted by Gasteiger charge is 2.28.